The van der Waals surface area contributed by atoms with Gasteiger partial charge in [0.25, 0.3) is 5.91 Å². The molecule has 182 valence electrons. The van der Waals surface area contributed by atoms with Gasteiger partial charge in [0.15, 0.2) is 0 Å². The molecule has 4 rings (SSSR count). The van der Waals surface area contributed by atoms with Crippen LogP contribution in [0, 0.1) is 0 Å². The molecule has 2 aromatic rings. The Morgan fingerprint density at radius 2 is 1.85 bits per heavy atom. The van der Waals surface area contributed by atoms with Gasteiger partial charge in [0.1, 0.15) is 17.7 Å². The van der Waals surface area contributed by atoms with E-state index in [4.69, 9.17) is 9.47 Å². The summed E-state index contributed by atoms with van der Waals surface area (Å²) < 4.78 is 11.1. The lowest BCUT2D eigenvalue weighted by atomic mass is 10.1. The number of hydrogen-bond acceptors (Lipinski definition) is 7. The monoisotopic (exact) mass is 468 g/mol. The van der Waals surface area contributed by atoms with E-state index in [2.05, 4.69) is 9.88 Å². The number of nitrogens with zero attached hydrogens (tertiary/aromatic N) is 4. The van der Waals surface area contributed by atoms with Crippen LogP contribution in [0.4, 0.5) is 16.3 Å². The number of anilines is 2. The molecule has 1 fully saturated rings. The Hall–Kier alpha value is -3.33. The third kappa shape index (κ3) is 5.41. The second-order valence-corrected chi connectivity index (χ2v) is 9.42. The summed E-state index contributed by atoms with van der Waals surface area (Å²) in [5.74, 6) is 0.0371. The predicted octanol–water partition coefficient (Wildman–Crippen LogP) is 3.19. The van der Waals surface area contributed by atoms with E-state index in [9.17, 15) is 14.7 Å². The molecule has 0 spiro atoms. The number of carbonyl (C=O) groups is 2. The van der Waals surface area contributed by atoms with Gasteiger partial charge in [-0.1, -0.05) is 0 Å². The third-order valence-electron chi connectivity index (χ3n) is 5.97. The van der Waals surface area contributed by atoms with Gasteiger partial charge in [-0.25, -0.2) is 9.78 Å². The molecule has 1 aromatic carbocycles. The summed E-state index contributed by atoms with van der Waals surface area (Å²) in [6, 6.07) is 9.68. The smallest absolute Gasteiger partial charge is 0.412 e. The van der Waals surface area contributed by atoms with Gasteiger partial charge in [0.05, 0.1) is 6.20 Å². The second kappa shape index (κ2) is 9.50. The van der Waals surface area contributed by atoms with E-state index in [0.717, 1.165) is 30.0 Å². The zero-order valence-corrected chi connectivity index (χ0v) is 20.2. The second-order valence-electron chi connectivity index (χ2n) is 9.42. The first-order valence-electron chi connectivity index (χ1n) is 11.6. The van der Waals surface area contributed by atoms with Gasteiger partial charge in [-0.15, -0.1) is 0 Å². The standard InChI is InChI=1S/C25H32N4O5/c1-25(2,32)34-24(31)28-12-10-19(11-13-28)33-20-6-8-22(26-16-20)29-14-9-17-15-18(5-7-21(17)29)23(30)27(3)4/h5-8,15-16,19,32H,9-14H2,1-4H3. The molecule has 9 nitrogen and oxygen atoms in total. The molecule has 1 saturated heterocycles. The Morgan fingerprint density at radius 1 is 1.12 bits per heavy atom. The SMILES string of the molecule is CN(C)C(=O)c1ccc2c(c1)CCN2c1ccc(OC2CCN(C(=O)OC(C)(C)O)CC2)cn1. The molecule has 0 unspecified atom stereocenters. The molecule has 1 N–H and O–H groups in total. The van der Waals surface area contributed by atoms with Gasteiger partial charge in [0.2, 0.25) is 5.79 Å². The molecule has 0 aliphatic carbocycles. The molecule has 0 atom stereocenters. The van der Waals surface area contributed by atoms with Crippen molar-refractivity contribution in [1.82, 2.24) is 14.8 Å². The zero-order chi connectivity index (χ0) is 24.5. The number of likely N-dealkylation sites (tertiary alicyclic amines) is 1. The molecule has 2 aliphatic rings. The Kier molecular flexibility index (Phi) is 6.65. The molecule has 0 radical (unpaired) electrons. The average molecular weight is 469 g/mol. The number of aliphatic hydroxyl groups is 1. The van der Waals surface area contributed by atoms with Crippen molar-refractivity contribution < 1.29 is 24.2 Å². The fourth-order valence-corrected chi connectivity index (χ4v) is 4.26. The van der Waals surface area contributed by atoms with Crippen molar-refractivity contribution in [2.75, 3.05) is 38.6 Å². The van der Waals surface area contributed by atoms with Gasteiger partial charge in [-0.05, 0) is 42.3 Å². The van der Waals surface area contributed by atoms with Gasteiger partial charge in [-0.3, -0.25) is 4.79 Å². The summed E-state index contributed by atoms with van der Waals surface area (Å²) in [6.45, 7) is 4.69. The highest BCUT2D eigenvalue weighted by Gasteiger charge is 2.29. The van der Waals surface area contributed by atoms with Crippen molar-refractivity contribution in [3.63, 3.8) is 0 Å². The summed E-state index contributed by atoms with van der Waals surface area (Å²) >= 11 is 0. The predicted molar refractivity (Wildman–Crippen MR) is 127 cm³/mol. The van der Waals surface area contributed by atoms with E-state index in [1.807, 2.05) is 30.3 Å². The molecule has 2 aliphatic heterocycles. The minimum atomic E-state index is -1.49. The number of rotatable bonds is 5. The topological polar surface area (TPSA) is 95.4 Å². The van der Waals surface area contributed by atoms with Crippen molar-refractivity contribution in [2.45, 2.75) is 45.0 Å². The molecule has 0 bridgehead atoms. The van der Waals surface area contributed by atoms with Crippen molar-refractivity contribution in [1.29, 1.82) is 0 Å². The first-order valence-corrected chi connectivity index (χ1v) is 11.6. The van der Waals surface area contributed by atoms with E-state index < -0.39 is 11.9 Å². The summed E-state index contributed by atoms with van der Waals surface area (Å²) in [7, 11) is 3.51. The summed E-state index contributed by atoms with van der Waals surface area (Å²) in [5, 5.41) is 9.65. The van der Waals surface area contributed by atoms with Gasteiger partial charge >= 0.3 is 6.09 Å². The van der Waals surface area contributed by atoms with Crippen molar-refractivity contribution in [3.8, 4) is 5.75 Å². The number of benzene rings is 1. The van der Waals surface area contributed by atoms with Crippen LogP contribution in [0.2, 0.25) is 0 Å². The summed E-state index contributed by atoms with van der Waals surface area (Å²) in [6.07, 6.45) is 3.41. The molecule has 1 aromatic heterocycles. The summed E-state index contributed by atoms with van der Waals surface area (Å²) in [4.78, 5) is 34.3. The molecule has 34 heavy (non-hydrogen) atoms. The van der Waals surface area contributed by atoms with E-state index in [1.165, 1.54) is 13.8 Å². The van der Waals surface area contributed by atoms with Crippen LogP contribution >= 0.6 is 0 Å². The Morgan fingerprint density at radius 3 is 2.47 bits per heavy atom. The van der Waals surface area contributed by atoms with Gasteiger partial charge in [0, 0.05) is 71.7 Å². The average Bonchev–Trinajstić information content (AvgIpc) is 3.21. The Labute approximate surface area is 199 Å². The highest BCUT2D eigenvalue weighted by Crippen LogP contribution is 2.35. The number of fused-ring (bicyclic) bond motifs is 1. The fourth-order valence-electron chi connectivity index (χ4n) is 4.26. The van der Waals surface area contributed by atoms with Crippen molar-refractivity contribution in [3.05, 3.63) is 47.7 Å². The normalized spacial score (nSPS) is 16.3. The van der Waals surface area contributed by atoms with Gasteiger partial charge in [-0.2, -0.15) is 0 Å². The van der Waals surface area contributed by atoms with Gasteiger partial charge < -0.3 is 29.3 Å². The maximum atomic E-state index is 12.3. The van der Waals surface area contributed by atoms with Crippen LogP contribution in [0.15, 0.2) is 36.5 Å². The molecule has 0 saturated carbocycles. The van der Waals surface area contributed by atoms with Crippen LogP contribution in [-0.4, -0.2) is 77.5 Å². The molecule has 3 heterocycles. The minimum absolute atomic E-state index is 0.000776. The lowest BCUT2D eigenvalue weighted by Gasteiger charge is -2.33. The number of amides is 2. The largest absolute Gasteiger partial charge is 0.489 e. The van der Waals surface area contributed by atoms with E-state index in [0.29, 0.717) is 37.2 Å². The first kappa shape index (κ1) is 23.8. The number of aromatic nitrogens is 1. The third-order valence-corrected chi connectivity index (χ3v) is 5.97. The number of hydrogen-bond donors (Lipinski definition) is 1. The van der Waals surface area contributed by atoms with Crippen LogP contribution < -0.4 is 9.64 Å². The van der Waals surface area contributed by atoms with Crippen LogP contribution in [0.5, 0.6) is 5.75 Å². The fraction of sp³-hybridized carbons (Fsp3) is 0.480. The minimum Gasteiger partial charge on any atom is -0.489 e. The highest BCUT2D eigenvalue weighted by molar-refractivity contribution is 5.95. The number of pyridine rings is 1. The van der Waals surface area contributed by atoms with Crippen molar-refractivity contribution in [2.24, 2.45) is 0 Å². The van der Waals surface area contributed by atoms with Crippen LogP contribution in [0.3, 0.4) is 0 Å². The number of piperidine rings is 1. The van der Waals surface area contributed by atoms with E-state index >= 15 is 0 Å². The summed E-state index contributed by atoms with van der Waals surface area (Å²) in [5.41, 5.74) is 2.91. The van der Waals surface area contributed by atoms with E-state index in [1.54, 1.807) is 30.1 Å². The lowest BCUT2D eigenvalue weighted by Crippen LogP contribution is -2.44. The maximum absolute atomic E-state index is 12.3. The Bertz CT molecular complexity index is 1040. The zero-order valence-electron chi connectivity index (χ0n) is 20.2. The first-order chi connectivity index (χ1) is 16.1. The van der Waals surface area contributed by atoms with Crippen molar-refractivity contribution >= 4 is 23.5 Å². The van der Waals surface area contributed by atoms with Crippen LogP contribution in [0.25, 0.3) is 0 Å². The quantitative estimate of drug-likeness (QED) is 0.674. The molecule has 9 heteroatoms. The maximum Gasteiger partial charge on any atom is 0.412 e. The molecule has 2 amide bonds. The lowest BCUT2D eigenvalue weighted by molar-refractivity contribution is -0.140. The highest BCUT2D eigenvalue weighted by atomic mass is 16.7. The number of carbonyl (C=O) groups excluding carboxylic acids is 2. The molecular weight excluding hydrogens is 436 g/mol. The van der Waals surface area contributed by atoms with E-state index in [-0.39, 0.29) is 12.0 Å². The van der Waals surface area contributed by atoms with Crippen LogP contribution in [-0.2, 0) is 11.2 Å². The number of ether oxygens (including phenoxy) is 2. The Balaban J connectivity index is 1.34. The van der Waals surface area contributed by atoms with Crippen LogP contribution in [0.1, 0.15) is 42.6 Å². The molecular formula is C25H32N4O5.